The van der Waals surface area contributed by atoms with Crippen molar-refractivity contribution in [2.24, 2.45) is 0 Å². The molecule has 0 bridgehead atoms. The standard InChI is InChI=1S/4C2H4O2.2Ca/c4*1-2(3)4;;/h4*1H3,(H,3,4);;/q;;;;2*+2/p-4. The number of carboxylic acids is 4. The Labute approximate surface area is 164 Å². The van der Waals surface area contributed by atoms with Crippen LogP contribution in [0.2, 0.25) is 0 Å². The zero-order valence-corrected chi connectivity index (χ0v) is 15.1. The molecule has 0 aliphatic rings. The Morgan fingerprint density at radius 2 is 0.500 bits per heavy atom. The number of aliphatic carboxylic acids is 4. The summed E-state index contributed by atoms with van der Waals surface area (Å²) in [7, 11) is 0. The Hall–Kier alpha value is 0.399. The van der Waals surface area contributed by atoms with Gasteiger partial charge in [-0.2, -0.15) is 0 Å². The molecule has 96 valence electrons. The third-order valence-electron chi connectivity index (χ3n) is 0. The van der Waals surface area contributed by atoms with Crippen LogP contribution in [0, 0.1) is 0 Å². The largest absolute Gasteiger partial charge is 2.00 e. The number of carboxylic acid groups (broad SMARTS) is 4. The average Bonchev–Trinajstić information content (AvgIpc) is 1.76. The zero-order chi connectivity index (χ0) is 14.3. The maximum absolute atomic E-state index is 8.89. The van der Waals surface area contributed by atoms with Crippen LogP contribution in [0.4, 0.5) is 0 Å². The smallest absolute Gasteiger partial charge is 0.550 e. The zero-order valence-electron chi connectivity index (χ0n) is 10.7. The van der Waals surface area contributed by atoms with E-state index in [1.165, 1.54) is 0 Å². The Morgan fingerprint density at radius 3 is 0.500 bits per heavy atom. The van der Waals surface area contributed by atoms with Crippen molar-refractivity contribution in [3.8, 4) is 0 Å². The molecule has 0 aromatic rings. The van der Waals surface area contributed by atoms with Gasteiger partial charge in [0.25, 0.3) is 0 Å². The summed E-state index contributed by atoms with van der Waals surface area (Å²) in [5, 5.41) is 35.6. The maximum atomic E-state index is 8.89. The fraction of sp³-hybridized carbons (Fsp3) is 0.500. The monoisotopic (exact) mass is 316 g/mol. The van der Waals surface area contributed by atoms with E-state index < -0.39 is 23.9 Å². The summed E-state index contributed by atoms with van der Waals surface area (Å²) in [6.45, 7) is 3.89. The van der Waals surface area contributed by atoms with E-state index in [2.05, 4.69) is 0 Å². The molecule has 0 amide bonds. The quantitative estimate of drug-likeness (QED) is 0.399. The van der Waals surface area contributed by atoms with Crippen LogP contribution in [-0.4, -0.2) is 99.4 Å². The summed E-state index contributed by atoms with van der Waals surface area (Å²) in [6.07, 6.45) is 0. The summed E-state index contributed by atoms with van der Waals surface area (Å²) in [6, 6.07) is 0. The Balaban J connectivity index is -0.0000000257. The first kappa shape index (κ1) is 36.2. The molecule has 8 nitrogen and oxygen atoms in total. The molecule has 0 aliphatic carbocycles. The van der Waals surface area contributed by atoms with Crippen molar-refractivity contribution in [3.63, 3.8) is 0 Å². The van der Waals surface area contributed by atoms with Crippen LogP contribution in [0.1, 0.15) is 27.7 Å². The minimum Gasteiger partial charge on any atom is -0.550 e. The number of carbonyl (C=O) groups is 4. The first-order valence-corrected chi connectivity index (χ1v) is 3.63. The van der Waals surface area contributed by atoms with Crippen LogP contribution in [-0.2, 0) is 19.2 Å². The first-order valence-electron chi connectivity index (χ1n) is 3.63. The fourth-order valence-electron chi connectivity index (χ4n) is 0. The SMILES string of the molecule is CC(=O)[O-].CC(=O)[O-].CC(=O)[O-].CC(=O)[O-].[Ca+2].[Ca+2]. The van der Waals surface area contributed by atoms with Gasteiger partial charge in [-0.1, -0.05) is 0 Å². The van der Waals surface area contributed by atoms with Crippen molar-refractivity contribution in [3.05, 3.63) is 0 Å². The number of hydrogen-bond acceptors (Lipinski definition) is 8. The molecule has 0 atom stereocenters. The molecule has 0 aromatic carbocycles. The predicted octanol–water partition coefficient (Wildman–Crippen LogP) is -5.74. The third-order valence-corrected chi connectivity index (χ3v) is 0. The van der Waals surface area contributed by atoms with Crippen molar-refractivity contribution >= 4 is 99.4 Å². The van der Waals surface area contributed by atoms with Crippen LogP contribution < -0.4 is 20.4 Å². The molecular formula is C8H12Ca2O8. The molecule has 0 N–H and O–H groups in total. The van der Waals surface area contributed by atoms with E-state index in [1.54, 1.807) is 0 Å². The second-order valence-corrected chi connectivity index (χ2v) is 1.97. The van der Waals surface area contributed by atoms with E-state index in [-0.39, 0.29) is 75.5 Å². The fourth-order valence-corrected chi connectivity index (χ4v) is 0. The molecule has 0 heterocycles. The van der Waals surface area contributed by atoms with Gasteiger partial charge in [-0.05, 0) is 27.7 Å². The number of hydrogen-bond donors (Lipinski definition) is 0. The first-order chi connectivity index (χ1) is 6.93. The summed E-state index contributed by atoms with van der Waals surface area (Å²) in [5.41, 5.74) is 0. The minimum absolute atomic E-state index is 0. The molecule has 0 saturated heterocycles. The summed E-state index contributed by atoms with van der Waals surface area (Å²) in [4.78, 5) is 35.6. The molecular weight excluding hydrogens is 304 g/mol. The second-order valence-electron chi connectivity index (χ2n) is 1.97. The van der Waals surface area contributed by atoms with E-state index in [0.717, 1.165) is 27.7 Å². The third kappa shape index (κ3) is 24400. The van der Waals surface area contributed by atoms with Gasteiger partial charge in [-0.3, -0.25) is 0 Å². The van der Waals surface area contributed by atoms with Crippen LogP contribution in [0.3, 0.4) is 0 Å². The van der Waals surface area contributed by atoms with Gasteiger partial charge in [-0.15, -0.1) is 0 Å². The van der Waals surface area contributed by atoms with Gasteiger partial charge in [0.05, 0.1) is 0 Å². The summed E-state index contributed by atoms with van der Waals surface area (Å²) >= 11 is 0. The van der Waals surface area contributed by atoms with Crippen molar-refractivity contribution in [2.45, 2.75) is 27.7 Å². The Morgan fingerprint density at radius 1 is 0.500 bits per heavy atom. The molecule has 0 unspecified atom stereocenters. The van der Waals surface area contributed by atoms with E-state index in [0.29, 0.717) is 0 Å². The summed E-state index contributed by atoms with van der Waals surface area (Å²) < 4.78 is 0. The Kier molecular flexibility index (Phi) is 61.3. The van der Waals surface area contributed by atoms with E-state index in [9.17, 15) is 0 Å². The normalized spacial score (nSPS) is 5.56. The van der Waals surface area contributed by atoms with Gasteiger partial charge in [0, 0.05) is 23.9 Å². The average molecular weight is 316 g/mol. The molecule has 0 fully saturated rings. The topological polar surface area (TPSA) is 161 Å². The van der Waals surface area contributed by atoms with Crippen molar-refractivity contribution in [1.82, 2.24) is 0 Å². The molecule has 0 saturated carbocycles. The van der Waals surface area contributed by atoms with Crippen LogP contribution in [0.5, 0.6) is 0 Å². The molecule has 0 aliphatic heterocycles. The molecule has 0 radical (unpaired) electrons. The van der Waals surface area contributed by atoms with Gasteiger partial charge >= 0.3 is 75.5 Å². The molecule has 0 spiro atoms. The van der Waals surface area contributed by atoms with Crippen LogP contribution in [0.25, 0.3) is 0 Å². The predicted molar refractivity (Wildman–Crippen MR) is 54.2 cm³/mol. The van der Waals surface area contributed by atoms with Gasteiger partial charge < -0.3 is 39.6 Å². The van der Waals surface area contributed by atoms with Crippen LogP contribution >= 0.6 is 0 Å². The molecule has 0 aromatic heterocycles. The van der Waals surface area contributed by atoms with E-state index in [1.807, 2.05) is 0 Å². The number of carbonyl (C=O) groups excluding carboxylic acids is 4. The van der Waals surface area contributed by atoms with Gasteiger partial charge in [0.1, 0.15) is 0 Å². The van der Waals surface area contributed by atoms with Crippen molar-refractivity contribution in [1.29, 1.82) is 0 Å². The Bertz CT molecular complexity index is 165. The van der Waals surface area contributed by atoms with Gasteiger partial charge in [0.15, 0.2) is 0 Å². The van der Waals surface area contributed by atoms with Crippen LogP contribution in [0.15, 0.2) is 0 Å². The molecule has 0 rings (SSSR count). The number of rotatable bonds is 0. The van der Waals surface area contributed by atoms with E-state index in [4.69, 9.17) is 39.6 Å². The molecule has 10 heteroatoms. The molecule has 18 heavy (non-hydrogen) atoms. The van der Waals surface area contributed by atoms with Crippen molar-refractivity contribution < 1.29 is 39.6 Å². The van der Waals surface area contributed by atoms with Crippen molar-refractivity contribution in [2.75, 3.05) is 0 Å². The van der Waals surface area contributed by atoms with Gasteiger partial charge in [-0.25, -0.2) is 0 Å². The minimum atomic E-state index is -1.08. The van der Waals surface area contributed by atoms with Gasteiger partial charge in [0.2, 0.25) is 0 Å². The van der Waals surface area contributed by atoms with E-state index >= 15 is 0 Å². The maximum Gasteiger partial charge on any atom is 2.00 e. The second kappa shape index (κ2) is 30.4. The summed E-state index contributed by atoms with van der Waals surface area (Å²) in [5.74, 6) is -4.33.